The number of benzene rings is 3. The van der Waals surface area contributed by atoms with Crippen molar-refractivity contribution >= 4 is 11.4 Å². The number of nitrogens with two attached hydrogens (primary N) is 1. The maximum Gasteiger partial charge on any atom is 0.231 e. The van der Waals surface area contributed by atoms with Crippen LogP contribution in [-0.2, 0) is 6.54 Å². The number of rotatable bonds is 5. The maximum atomic E-state index is 6.10. The first kappa shape index (κ1) is 16.1. The third-order valence-corrected chi connectivity index (χ3v) is 4.29. The highest BCUT2D eigenvalue weighted by Crippen LogP contribution is 2.33. The predicted molar refractivity (Wildman–Crippen MR) is 103 cm³/mol. The molecule has 0 aliphatic carbocycles. The maximum absolute atomic E-state index is 6.10. The van der Waals surface area contributed by atoms with E-state index in [2.05, 4.69) is 11.4 Å². The molecule has 0 radical (unpaired) electrons. The molecule has 0 bridgehead atoms. The van der Waals surface area contributed by atoms with Gasteiger partial charge in [-0.15, -0.1) is 0 Å². The smallest absolute Gasteiger partial charge is 0.231 e. The Kier molecular flexibility index (Phi) is 4.27. The average Bonchev–Trinajstić information content (AvgIpc) is 3.14. The van der Waals surface area contributed by atoms with E-state index in [1.165, 1.54) is 0 Å². The molecule has 1 heterocycles. The van der Waals surface area contributed by atoms with Crippen LogP contribution < -0.4 is 25.3 Å². The Morgan fingerprint density at radius 1 is 0.962 bits per heavy atom. The van der Waals surface area contributed by atoms with Crippen LogP contribution in [0.15, 0.2) is 60.7 Å². The van der Waals surface area contributed by atoms with Crippen LogP contribution in [0.4, 0.5) is 11.4 Å². The first-order valence-electron chi connectivity index (χ1n) is 8.39. The second-order valence-corrected chi connectivity index (χ2v) is 6.12. The Hall–Kier alpha value is -3.34. The molecule has 0 saturated heterocycles. The molecular weight excluding hydrogens is 328 g/mol. The lowest BCUT2D eigenvalue weighted by Gasteiger charge is -2.11. The van der Waals surface area contributed by atoms with Gasteiger partial charge in [0.1, 0.15) is 5.75 Å². The zero-order valence-corrected chi connectivity index (χ0v) is 14.5. The van der Waals surface area contributed by atoms with Crippen molar-refractivity contribution in [1.29, 1.82) is 0 Å². The number of anilines is 2. The number of nitrogen functional groups attached to an aromatic ring is 1. The van der Waals surface area contributed by atoms with Crippen LogP contribution in [0, 0.1) is 0 Å². The molecule has 0 spiro atoms. The molecule has 0 fully saturated rings. The van der Waals surface area contributed by atoms with Crippen molar-refractivity contribution in [3.8, 4) is 28.4 Å². The summed E-state index contributed by atoms with van der Waals surface area (Å²) in [5.41, 5.74) is 11.0. The molecule has 0 unspecified atom stereocenters. The van der Waals surface area contributed by atoms with E-state index in [4.69, 9.17) is 19.9 Å². The fourth-order valence-corrected chi connectivity index (χ4v) is 2.98. The van der Waals surface area contributed by atoms with E-state index in [1.54, 1.807) is 7.11 Å². The minimum Gasteiger partial charge on any atom is -0.497 e. The third-order valence-electron chi connectivity index (χ3n) is 4.29. The lowest BCUT2D eigenvalue weighted by Crippen LogP contribution is -2.00. The molecule has 4 rings (SSSR count). The summed E-state index contributed by atoms with van der Waals surface area (Å²) >= 11 is 0. The van der Waals surface area contributed by atoms with Crippen molar-refractivity contribution in [2.24, 2.45) is 0 Å². The first-order valence-corrected chi connectivity index (χ1v) is 8.39. The van der Waals surface area contributed by atoms with E-state index in [0.717, 1.165) is 39.6 Å². The minimum atomic E-state index is 0.283. The van der Waals surface area contributed by atoms with Crippen molar-refractivity contribution in [3.63, 3.8) is 0 Å². The van der Waals surface area contributed by atoms with Gasteiger partial charge < -0.3 is 25.3 Å². The molecule has 1 aliphatic rings. The van der Waals surface area contributed by atoms with Crippen LogP contribution in [0.1, 0.15) is 5.56 Å². The van der Waals surface area contributed by atoms with Gasteiger partial charge >= 0.3 is 0 Å². The summed E-state index contributed by atoms with van der Waals surface area (Å²) in [7, 11) is 1.66. The number of hydrogen-bond acceptors (Lipinski definition) is 5. The lowest BCUT2D eigenvalue weighted by molar-refractivity contribution is 0.174. The second-order valence-electron chi connectivity index (χ2n) is 6.12. The monoisotopic (exact) mass is 348 g/mol. The largest absolute Gasteiger partial charge is 0.497 e. The van der Waals surface area contributed by atoms with Gasteiger partial charge in [-0.25, -0.2) is 0 Å². The Labute approximate surface area is 152 Å². The van der Waals surface area contributed by atoms with Gasteiger partial charge in [0, 0.05) is 17.9 Å². The normalized spacial score (nSPS) is 12.0. The van der Waals surface area contributed by atoms with Gasteiger partial charge in [0.2, 0.25) is 6.79 Å². The highest BCUT2D eigenvalue weighted by atomic mass is 16.7. The fraction of sp³-hybridized carbons (Fsp3) is 0.143. The van der Waals surface area contributed by atoms with Crippen LogP contribution >= 0.6 is 0 Å². The Bertz CT molecular complexity index is 940. The predicted octanol–water partition coefficient (Wildman–Crippen LogP) is 4.29. The van der Waals surface area contributed by atoms with Crippen molar-refractivity contribution in [3.05, 3.63) is 66.2 Å². The van der Waals surface area contributed by atoms with Gasteiger partial charge in [-0.05, 0) is 59.2 Å². The van der Waals surface area contributed by atoms with Crippen molar-refractivity contribution in [1.82, 2.24) is 0 Å². The standard InChI is InChI=1S/C21H20N2O3/c1-24-19-4-2-3-15(10-19)16-8-17(22)11-18(9-16)23-12-14-5-6-20-21(7-14)26-13-25-20/h2-11,23H,12-13,22H2,1H3. The minimum absolute atomic E-state index is 0.283. The van der Waals surface area contributed by atoms with Crippen molar-refractivity contribution in [2.75, 3.05) is 25.0 Å². The van der Waals surface area contributed by atoms with Gasteiger partial charge in [0.25, 0.3) is 0 Å². The molecule has 0 amide bonds. The second kappa shape index (κ2) is 6.88. The highest BCUT2D eigenvalue weighted by molar-refractivity contribution is 5.74. The van der Waals surface area contributed by atoms with Gasteiger partial charge in [-0.3, -0.25) is 0 Å². The Balaban J connectivity index is 1.54. The van der Waals surface area contributed by atoms with E-state index in [9.17, 15) is 0 Å². The van der Waals surface area contributed by atoms with E-state index in [0.29, 0.717) is 12.2 Å². The molecule has 0 atom stereocenters. The first-order chi connectivity index (χ1) is 12.7. The van der Waals surface area contributed by atoms with Crippen LogP contribution in [0.25, 0.3) is 11.1 Å². The number of nitrogens with one attached hydrogen (secondary N) is 1. The van der Waals surface area contributed by atoms with E-state index in [1.807, 2.05) is 54.6 Å². The molecule has 0 saturated carbocycles. The third kappa shape index (κ3) is 3.37. The van der Waals surface area contributed by atoms with Crippen LogP contribution in [0.2, 0.25) is 0 Å². The van der Waals surface area contributed by atoms with E-state index in [-0.39, 0.29) is 6.79 Å². The molecule has 26 heavy (non-hydrogen) atoms. The van der Waals surface area contributed by atoms with Gasteiger partial charge in [-0.2, -0.15) is 0 Å². The molecule has 5 heteroatoms. The molecule has 3 N–H and O–H groups in total. The summed E-state index contributed by atoms with van der Waals surface area (Å²) in [6, 6.07) is 19.8. The number of ether oxygens (including phenoxy) is 3. The summed E-state index contributed by atoms with van der Waals surface area (Å²) in [6.45, 7) is 0.947. The molecule has 132 valence electrons. The summed E-state index contributed by atoms with van der Waals surface area (Å²) in [4.78, 5) is 0. The lowest BCUT2D eigenvalue weighted by atomic mass is 10.0. The molecule has 1 aliphatic heterocycles. The van der Waals surface area contributed by atoms with Crippen LogP contribution in [-0.4, -0.2) is 13.9 Å². The van der Waals surface area contributed by atoms with Crippen LogP contribution in [0.5, 0.6) is 17.2 Å². The highest BCUT2D eigenvalue weighted by Gasteiger charge is 2.13. The van der Waals surface area contributed by atoms with Gasteiger partial charge in [0.15, 0.2) is 11.5 Å². The molecule has 3 aromatic rings. The average molecular weight is 348 g/mol. The molecular formula is C21H20N2O3. The van der Waals surface area contributed by atoms with Crippen molar-refractivity contribution in [2.45, 2.75) is 6.54 Å². The zero-order chi connectivity index (χ0) is 17.9. The summed E-state index contributed by atoms with van der Waals surface area (Å²) in [5.74, 6) is 2.40. The topological polar surface area (TPSA) is 65.7 Å². The fourth-order valence-electron chi connectivity index (χ4n) is 2.98. The van der Waals surface area contributed by atoms with Gasteiger partial charge in [-0.1, -0.05) is 18.2 Å². The number of methoxy groups -OCH3 is 1. The summed E-state index contributed by atoms with van der Waals surface area (Å²) in [6.07, 6.45) is 0. The number of hydrogen-bond donors (Lipinski definition) is 2. The summed E-state index contributed by atoms with van der Waals surface area (Å²) < 4.78 is 16.1. The molecule has 3 aromatic carbocycles. The van der Waals surface area contributed by atoms with Gasteiger partial charge in [0.05, 0.1) is 7.11 Å². The Morgan fingerprint density at radius 3 is 2.73 bits per heavy atom. The number of fused-ring (bicyclic) bond motifs is 1. The van der Waals surface area contributed by atoms with Crippen LogP contribution in [0.3, 0.4) is 0 Å². The van der Waals surface area contributed by atoms with E-state index < -0.39 is 0 Å². The quantitative estimate of drug-likeness (QED) is 0.674. The zero-order valence-electron chi connectivity index (χ0n) is 14.5. The SMILES string of the molecule is COc1cccc(-c2cc(N)cc(NCc3ccc4c(c3)OCO4)c2)c1. The van der Waals surface area contributed by atoms with E-state index >= 15 is 0 Å². The summed E-state index contributed by atoms with van der Waals surface area (Å²) in [5, 5.41) is 3.42. The van der Waals surface area contributed by atoms with Crippen molar-refractivity contribution < 1.29 is 14.2 Å². The Morgan fingerprint density at radius 2 is 1.85 bits per heavy atom. The molecule has 5 nitrogen and oxygen atoms in total. The molecule has 0 aromatic heterocycles.